The number of aliphatic hydroxyl groups is 1. The molecule has 0 radical (unpaired) electrons. The van der Waals surface area contributed by atoms with Crippen LogP contribution in [0.3, 0.4) is 0 Å². The highest BCUT2D eigenvalue weighted by atomic mass is 32.1. The molecular formula is C26H26F3N5O4S. The Hall–Kier alpha value is -3.55. The largest absolute Gasteiger partial charge is 0.494 e. The van der Waals surface area contributed by atoms with Crippen molar-refractivity contribution in [2.45, 2.75) is 44.0 Å². The number of methoxy groups -OCH3 is 1. The summed E-state index contributed by atoms with van der Waals surface area (Å²) in [5, 5.41) is 13.7. The van der Waals surface area contributed by atoms with Crippen molar-refractivity contribution in [2.24, 2.45) is 5.73 Å². The average molecular weight is 562 g/mol. The van der Waals surface area contributed by atoms with Crippen molar-refractivity contribution in [3.8, 4) is 17.2 Å². The van der Waals surface area contributed by atoms with E-state index in [9.17, 15) is 23.1 Å². The number of aromatic nitrogens is 3. The Morgan fingerprint density at radius 3 is 2.62 bits per heavy atom. The van der Waals surface area contributed by atoms with Gasteiger partial charge in [0.05, 0.1) is 13.2 Å². The number of thiazole rings is 1. The topological polar surface area (TPSA) is 128 Å². The first-order valence-electron chi connectivity index (χ1n) is 12.3. The maximum Gasteiger partial charge on any atom is 0.433 e. The summed E-state index contributed by atoms with van der Waals surface area (Å²) < 4.78 is 51.3. The van der Waals surface area contributed by atoms with Gasteiger partial charge in [0.15, 0.2) is 11.5 Å². The fourth-order valence-corrected chi connectivity index (χ4v) is 5.43. The van der Waals surface area contributed by atoms with Gasteiger partial charge < -0.3 is 24.9 Å². The molecule has 0 unspecified atom stereocenters. The molecule has 1 amide bonds. The van der Waals surface area contributed by atoms with Crippen LogP contribution in [0.25, 0.3) is 22.4 Å². The predicted molar refractivity (Wildman–Crippen MR) is 137 cm³/mol. The predicted octanol–water partition coefficient (Wildman–Crippen LogP) is 4.91. The van der Waals surface area contributed by atoms with Gasteiger partial charge in [-0.2, -0.15) is 13.2 Å². The number of hydrogen-bond donors (Lipinski definition) is 2. The summed E-state index contributed by atoms with van der Waals surface area (Å²) in [6.07, 6.45) is -1.93. The molecule has 1 aliphatic heterocycles. The lowest BCUT2D eigenvalue weighted by Crippen LogP contribution is -2.45. The first-order valence-corrected chi connectivity index (χ1v) is 13.2. The van der Waals surface area contributed by atoms with Crippen LogP contribution >= 0.6 is 11.3 Å². The van der Waals surface area contributed by atoms with Gasteiger partial charge in [0.2, 0.25) is 5.89 Å². The maximum absolute atomic E-state index is 13.6. The summed E-state index contributed by atoms with van der Waals surface area (Å²) in [5.74, 6) is -0.0422. The number of carbonyl (C=O) groups is 1. The number of pyridine rings is 1. The minimum atomic E-state index is -4.64. The third-order valence-electron chi connectivity index (χ3n) is 6.90. The molecular weight excluding hydrogens is 535 g/mol. The van der Waals surface area contributed by atoms with E-state index in [0.717, 1.165) is 6.07 Å². The maximum atomic E-state index is 13.6. The third kappa shape index (κ3) is 4.97. The molecule has 3 N–H and O–H groups in total. The van der Waals surface area contributed by atoms with Crippen molar-refractivity contribution in [2.75, 3.05) is 20.2 Å². The molecule has 206 valence electrons. The number of ether oxygens (including phenoxy) is 1. The van der Waals surface area contributed by atoms with E-state index in [-0.39, 0.29) is 41.7 Å². The molecule has 0 spiro atoms. The Kier molecular flexibility index (Phi) is 7.08. The van der Waals surface area contributed by atoms with E-state index in [4.69, 9.17) is 14.9 Å². The Balaban J connectivity index is 1.52. The fourth-order valence-electron chi connectivity index (χ4n) is 4.63. The van der Waals surface area contributed by atoms with Crippen LogP contribution in [0, 0.1) is 0 Å². The van der Waals surface area contributed by atoms with Gasteiger partial charge >= 0.3 is 6.18 Å². The number of rotatable bonds is 6. The van der Waals surface area contributed by atoms with Crippen LogP contribution in [0.15, 0.2) is 40.3 Å². The van der Waals surface area contributed by atoms with Crippen molar-refractivity contribution in [1.29, 1.82) is 0 Å². The minimum absolute atomic E-state index is 0.0188. The zero-order valence-electron chi connectivity index (χ0n) is 21.2. The highest BCUT2D eigenvalue weighted by Crippen LogP contribution is 2.39. The third-order valence-corrected chi connectivity index (χ3v) is 7.87. The number of benzene rings is 1. The molecule has 1 aliphatic rings. The van der Waals surface area contributed by atoms with Crippen LogP contribution in [0.5, 0.6) is 5.75 Å². The molecule has 1 aromatic carbocycles. The number of nitrogens with two attached hydrogens (primary N) is 1. The second-order valence-corrected chi connectivity index (χ2v) is 10.2. The molecule has 39 heavy (non-hydrogen) atoms. The summed E-state index contributed by atoms with van der Waals surface area (Å²) in [5.41, 5.74) is 4.46. The van der Waals surface area contributed by atoms with Crippen molar-refractivity contribution >= 4 is 28.1 Å². The van der Waals surface area contributed by atoms with E-state index in [0.29, 0.717) is 35.2 Å². The zero-order chi connectivity index (χ0) is 27.9. The monoisotopic (exact) mass is 561 g/mol. The van der Waals surface area contributed by atoms with Gasteiger partial charge in [-0.25, -0.2) is 15.0 Å². The van der Waals surface area contributed by atoms with Gasteiger partial charge in [-0.15, -0.1) is 11.3 Å². The second-order valence-electron chi connectivity index (χ2n) is 9.31. The van der Waals surface area contributed by atoms with E-state index >= 15 is 0 Å². The van der Waals surface area contributed by atoms with Crippen LogP contribution in [0.1, 0.15) is 59.2 Å². The van der Waals surface area contributed by atoms with Crippen LogP contribution in [0.2, 0.25) is 0 Å². The molecule has 1 atom stereocenters. The Bertz CT molecular complexity index is 1500. The Labute approximate surface area is 225 Å². The highest BCUT2D eigenvalue weighted by Gasteiger charge is 2.39. The number of fused-ring (bicyclic) bond motifs is 1. The van der Waals surface area contributed by atoms with Gasteiger partial charge in [-0.1, -0.05) is 6.92 Å². The molecule has 1 fully saturated rings. The van der Waals surface area contributed by atoms with E-state index < -0.39 is 29.4 Å². The summed E-state index contributed by atoms with van der Waals surface area (Å²) >= 11 is 1.37. The molecule has 13 heteroatoms. The van der Waals surface area contributed by atoms with E-state index in [2.05, 4.69) is 15.0 Å². The van der Waals surface area contributed by atoms with Crippen molar-refractivity contribution in [1.82, 2.24) is 19.9 Å². The number of hydrogen-bond acceptors (Lipinski definition) is 9. The van der Waals surface area contributed by atoms with Crippen molar-refractivity contribution < 1.29 is 32.2 Å². The van der Waals surface area contributed by atoms with Gasteiger partial charge in [0, 0.05) is 48.5 Å². The molecule has 5 rings (SSSR count). The number of alkyl halides is 3. The number of likely N-dealkylation sites (tertiary alicyclic amines) is 1. The molecule has 0 aliphatic carbocycles. The second kappa shape index (κ2) is 10.2. The molecule has 0 saturated carbocycles. The van der Waals surface area contributed by atoms with Crippen LogP contribution < -0.4 is 10.5 Å². The molecule has 0 bridgehead atoms. The lowest BCUT2D eigenvalue weighted by Gasteiger charge is -2.36. The number of carbonyl (C=O) groups excluding carboxylic acids is 1. The van der Waals surface area contributed by atoms with Gasteiger partial charge in [0.1, 0.15) is 27.6 Å². The summed E-state index contributed by atoms with van der Waals surface area (Å²) in [4.78, 5) is 27.7. The summed E-state index contributed by atoms with van der Waals surface area (Å²) in [7, 11) is 1.34. The van der Waals surface area contributed by atoms with Crippen molar-refractivity contribution in [3.63, 3.8) is 0 Å². The van der Waals surface area contributed by atoms with Crippen LogP contribution in [0.4, 0.5) is 13.2 Å². The number of nitrogens with zero attached hydrogens (tertiary/aromatic N) is 4. The smallest absolute Gasteiger partial charge is 0.433 e. The number of oxazole rings is 1. The standard InChI is InChI=1S/C26H26F3N5O4S/c1-3-16(30)21-20(23(35)34-11-8-25(36,9-12-34)24-31-10-13-39-24)33-22(38-21)15-4-6-17(37-2)19-14(15)5-7-18(32-19)26(27,28)29/h4-7,10,13,16,36H,3,8-9,11-12,30H2,1-2H3/t16-/m0/s1. The Morgan fingerprint density at radius 2 is 2.00 bits per heavy atom. The van der Waals surface area contributed by atoms with Crippen molar-refractivity contribution in [3.05, 3.63) is 58.0 Å². The minimum Gasteiger partial charge on any atom is -0.494 e. The van der Waals surface area contributed by atoms with Crippen LogP contribution in [-0.4, -0.2) is 51.1 Å². The number of halogens is 3. The quantitative estimate of drug-likeness (QED) is 0.340. The van der Waals surface area contributed by atoms with Gasteiger partial charge in [-0.3, -0.25) is 4.79 Å². The van der Waals surface area contributed by atoms with E-state index in [1.165, 1.54) is 30.6 Å². The SMILES string of the molecule is CC[C@H](N)c1oc(-c2ccc(OC)c3nc(C(F)(F)F)ccc23)nc1C(=O)N1CCC(O)(c2nccs2)CC1. The first-order chi connectivity index (χ1) is 18.6. The normalized spacial score (nSPS) is 16.4. The van der Waals surface area contributed by atoms with E-state index in [1.54, 1.807) is 22.5 Å². The van der Waals surface area contributed by atoms with Gasteiger partial charge in [0.25, 0.3) is 5.91 Å². The number of piperidine rings is 1. The summed E-state index contributed by atoms with van der Waals surface area (Å²) in [6, 6.07) is 4.57. The van der Waals surface area contributed by atoms with Crippen LogP contribution in [-0.2, 0) is 11.8 Å². The first kappa shape index (κ1) is 27.0. The molecule has 3 aromatic heterocycles. The molecule has 1 saturated heterocycles. The lowest BCUT2D eigenvalue weighted by atomic mass is 9.92. The number of amides is 1. The average Bonchev–Trinajstić information content (AvgIpc) is 3.63. The summed E-state index contributed by atoms with van der Waals surface area (Å²) in [6.45, 7) is 2.38. The lowest BCUT2D eigenvalue weighted by molar-refractivity contribution is -0.140. The highest BCUT2D eigenvalue weighted by molar-refractivity contribution is 7.09. The molecule has 4 heterocycles. The molecule has 4 aromatic rings. The Morgan fingerprint density at radius 1 is 1.26 bits per heavy atom. The molecule has 9 nitrogen and oxygen atoms in total. The zero-order valence-corrected chi connectivity index (χ0v) is 22.0. The van der Waals surface area contributed by atoms with E-state index in [1.807, 2.05) is 6.92 Å². The van der Waals surface area contributed by atoms with Gasteiger partial charge in [-0.05, 0) is 30.7 Å². The fraction of sp³-hybridized carbons (Fsp3) is 0.385.